The van der Waals surface area contributed by atoms with E-state index in [0.29, 0.717) is 6.04 Å². The standard InChI is InChI=1S/C15H24N4O2S/c1-4-13-9-17-11-18-15(13)19(3)14-7-5-12(6-8-14)10-22(20,21)16-2/h4,9,11-12,14,16H,1,5-8,10H2,2-3H3. The molecule has 6 nitrogen and oxygen atoms in total. The van der Waals surface area contributed by atoms with Gasteiger partial charge >= 0.3 is 0 Å². The highest BCUT2D eigenvalue weighted by molar-refractivity contribution is 7.89. The molecule has 1 aromatic rings. The third-order valence-electron chi connectivity index (χ3n) is 4.40. The second kappa shape index (κ2) is 7.19. The molecule has 7 heteroatoms. The average molecular weight is 324 g/mol. The highest BCUT2D eigenvalue weighted by atomic mass is 32.2. The molecule has 2 rings (SSSR count). The summed E-state index contributed by atoms with van der Waals surface area (Å²) in [4.78, 5) is 10.5. The van der Waals surface area contributed by atoms with Gasteiger partial charge in [-0.3, -0.25) is 0 Å². The number of anilines is 1. The molecule has 1 saturated carbocycles. The molecular weight excluding hydrogens is 300 g/mol. The highest BCUT2D eigenvalue weighted by Crippen LogP contribution is 2.30. The van der Waals surface area contributed by atoms with Gasteiger partial charge in [0.25, 0.3) is 0 Å². The lowest BCUT2D eigenvalue weighted by Gasteiger charge is -2.35. The van der Waals surface area contributed by atoms with Crippen molar-refractivity contribution in [1.29, 1.82) is 0 Å². The van der Waals surface area contributed by atoms with Crippen molar-refractivity contribution in [3.8, 4) is 0 Å². The predicted molar refractivity (Wildman–Crippen MR) is 89.1 cm³/mol. The normalized spacial score (nSPS) is 22.3. The van der Waals surface area contributed by atoms with Crippen LogP contribution in [0.4, 0.5) is 5.82 Å². The van der Waals surface area contributed by atoms with E-state index in [-0.39, 0.29) is 11.7 Å². The van der Waals surface area contributed by atoms with Crippen molar-refractivity contribution in [2.75, 3.05) is 24.7 Å². The first kappa shape index (κ1) is 16.9. The number of nitrogens with zero attached hydrogens (tertiary/aromatic N) is 3. The summed E-state index contributed by atoms with van der Waals surface area (Å²) in [6.07, 6.45) is 8.86. The number of hydrogen-bond donors (Lipinski definition) is 1. The Balaban J connectivity index is 1.98. The van der Waals surface area contributed by atoms with Crippen molar-refractivity contribution in [3.63, 3.8) is 0 Å². The van der Waals surface area contributed by atoms with Crippen LogP contribution in [0.2, 0.25) is 0 Å². The Morgan fingerprint density at radius 3 is 2.68 bits per heavy atom. The Morgan fingerprint density at radius 2 is 2.09 bits per heavy atom. The third kappa shape index (κ3) is 4.04. The van der Waals surface area contributed by atoms with Crippen molar-refractivity contribution in [2.24, 2.45) is 5.92 Å². The SMILES string of the molecule is C=Cc1cncnc1N(C)C1CCC(CS(=O)(=O)NC)CC1. The maximum absolute atomic E-state index is 11.6. The van der Waals surface area contributed by atoms with E-state index in [1.807, 2.05) is 7.05 Å². The molecule has 1 N–H and O–H groups in total. The van der Waals surface area contributed by atoms with Gasteiger partial charge in [0.15, 0.2) is 0 Å². The molecule has 1 aromatic heterocycles. The zero-order valence-corrected chi connectivity index (χ0v) is 14.0. The number of rotatable bonds is 6. The van der Waals surface area contributed by atoms with Crippen LogP contribution in [0.5, 0.6) is 0 Å². The second-order valence-electron chi connectivity index (χ2n) is 5.78. The van der Waals surface area contributed by atoms with Crippen LogP contribution in [0.3, 0.4) is 0 Å². The van der Waals surface area contributed by atoms with Gasteiger partial charge in [0, 0.05) is 24.8 Å². The van der Waals surface area contributed by atoms with E-state index >= 15 is 0 Å². The molecule has 0 atom stereocenters. The van der Waals surface area contributed by atoms with E-state index in [2.05, 4.69) is 26.2 Å². The van der Waals surface area contributed by atoms with Crippen LogP contribution in [-0.4, -0.2) is 44.3 Å². The summed E-state index contributed by atoms with van der Waals surface area (Å²) in [5.41, 5.74) is 0.921. The Hall–Kier alpha value is -1.47. The summed E-state index contributed by atoms with van der Waals surface area (Å²) in [6.45, 7) is 3.80. The lowest BCUT2D eigenvalue weighted by Crippen LogP contribution is -2.38. The summed E-state index contributed by atoms with van der Waals surface area (Å²) in [6, 6.07) is 0.377. The average Bonchev–Trinajstić information content (AvgIpc) is 2.54. The molecule has 0 saturated heterocycles. The van der Waals surface area contributed by atoms with Crippen LogP contribution in [0, 0.1) is 5.92 Å². The van der Waals surface area contributed by atoms with Gasteiger partial charge < -0.3 is 4.90 Å². The summed E-state index contributed by atoms with van der Waals surface area (Å²) in [5.74, 6) is 1.36. The van der Waals surface area contributed by atoms with Crippen molar-refractivity contribution in [1.82, 2.24) is 14.7 Å². The van der Waals surface area contributed by atoms with Crippen molar-refractivity contribution >= 4 is 21.9 Å². The topological polar surface area (TPSA) is 75.2 Å². The fraction of sp³-hybridized carbons (Fsp3) is 0.600. The van der Waals surface area contributed by atoms with Crippen LogP contribution in [0.25, 0.3) is 6.08 Å². The summed E-state index contributed by atoms with van der Waals surface area (Å²) in [5, 5.41) is 0. The highest BCUT2D eigenvalue weighted by Gasteiger charge is 2.28. The van der Waals surface area contributed by atoms with Gasteiger partial charge in [-0.1, -0.05) is 12.7 Å². The van der Waals surface area contributed by atoms with E-state index in [9.17, 15) is 8.42 Å². The maximum atomic E-state index is 11.6. The molecule has 0 spiro atoms. The van der Waals surface area contributed by atoms with E-state index < -0.39 is 10.0 Å². The van der Waals surface area contributed by atoms with E-state index in [1.54, 1.807) is 18.6 Å². The van der Waals surface area contributed by atoms with Crippen LogP contribution in [-0.2, 0) is 10.0 Å². The van der Waals surface area contributed by atoms with E-state index in [4.69, 9.17) is 0 Å². The molecule has 1 fully saturated rings. The number of sulfonamides is 1. The van der Waals surface area contributed by atoms with Crippen molar-refractivity contribution < 1.29 is 8.42 Å². The van der Waals surface area contributed by atoms with E-state index in [0.717, 1.165) is 37.1 Å². The molecule has 1 aliphatic carbocycles. The Labute approximate surface area is 132 Å². The van der Waals surface area contributed by atoms with Gasteiger partial charge in [0.05, 0.1) is 5.75 Å². The molecular formula is C15H24N4O2S. The molecule has 0 amide bonds. The van der Waals surface area contributed by atoms with Crippen LogP contribution < -0.4 is 9.62 Å². The number of nitrogens with one attached hydrogen (secondary N) is 1. The quantitative estimate of drug-likeness (QED) is 0.861. The molecule has 1 heterocycles. The first-order chi connectivity index (χ1) is 10.5. The third-order valence-corrected chi connectivity index (χ3v) is 5.93. The maximum Gasteiger partial charge on any atom is 0.211 e. The van der Waals surface area contributed by atoms with Gasteiger partial charge in [0.2, 0.25) is 10.0 Å². The summed E-state index contributed by atoms with van der Waals surface area (Å²) >= 11 is 0. The Bertz CT molecular complexity index is 610. The minimum Gasteiger partial charge on any atom is -0.356 e. The molecule has 0 bridgehead atoms. The van der Waals surface area contributed by atoms with Crippen LogP contribution in [0.1, 0.15) is 31.2 Å². The molecule has 0 radical (unpaired) electrons. The fourth-order valence-electron chi connectivity index (χ4n) is 3.04. The zero-order valence-electron chi connectivity index (χ0n) is 13.2. The van der Waals surface area contributed by atoms with Gasteiger partial charge in [-0.25, -0.2) is 23.1 Å². The molecule has 122 valence electrons. The smallest absolute Gasteiger partial charge is 0.211 e. The summed E-state index contributed by atoms with van der Waals surface area (Å²) < 4.78 is 25.7. The number of hydrogen-bond acceptors (Lipinski definition) is 5. The zero-order chi connectivity index (χ0) is 16.2. The molecule has 0 aliphatic heterocycles. The van der Waals surface area contributed by atoms with Crippen molar-refractivity contribution in [3.05, 3.63) is 24.7 Å². The minimum absolute atomic E-state index is 0.228. The second-order valence-corrected chi connectivity index (χ2v) is 7.75. The van der Waals surface area contributed by atoms with Crippen LogP contribution >= 0.6 is 0 Å². The predicted octanol–water partition coefficient (Wildman–Crippen LogP) is 1.66. The monoisotopic (exact) mass is 324 g/mol. The van der Waals surface area contributed by atoms with E-state index in [1.165, 1.54) is 7.05 Å². The fourth-order valence-corrected chi connectivity index (χ4v) is 4.16. The van der Waals surface area contributed by atoms with Crippen LogP contribution in [0.15, 0.2) is 19.1 Å². The summed E-state index contributed by atoms with van der Waals surface area (Å²) in [7, 11) is 0.388. The lowest BCUT2D eigenvalue weighted by molar-refractivity contribution is 0.340. The first-order valence-electron chi connectivity index (χ1n) is 7.53. The van der Waals surface area contributed by atoms with Crippen molar-refractivity contribution in [2.45, 2.75) is 31.7 Å². The van der Waals surface area contributed by atoms with Gasteiger partial charge in [-0.05, 0) is 38.6 Å². The Morgan fingerprint density at radius 1 is 1.41 bits per heavy atom. The molecule has 1 aliphatic rings. The number of aromatic nitrogens is 2. The van der Waals surface area contributed by atoms with Gasteiger partial charge in [-0.15, -0.1) is 0 Å². The van der Waals surface area contributed by atoms with Gasteiger partial charge in [0.1, 0.15) is 12.1 Å². The molecule has 0 aromatic carbocycles. The lowest BCUT2D eigenvalue weighted by atomic mass is 9.86. The Kier molecular flexibility index (Phi) is 5.52. The van der Waals surface area contributed by atoms with Gasteiger partial charge in [-0.2, -0.15) is 0 Å². The first-order valence-corrected chi connectivity index (χ1v) is 9.18. The minimum atomic E-state index is -3.12. The largest absolute Gasteiger partial charge is 0.356 e. The molecule has 22 heavy (non-hydrogen) atoms. The molecule has 0 unspecified atom stereocenters.